The number of hydrogen-bond donors (Lipinski definition) is 0. The van der Waals surface area contributed by atoms with Crippen molar-refractivity contribution in [2.24, 2.45) is 0 Å². The average molecular weight is 307 g/mol. The fourth-order valence-corrected chi connectivity index (χ4v) is 2.48. The van der Waals surface area contributed by atoms with E-state index in [2.05, 4.69) is 15.9 Å². The average Bonchev–Trinajstić information content (AvgIpc) is 2.25. The highest BCUT2D eigenvalue weighted by Crippen LogP contribution is 2.13. The highest BCUT2D eigenvalue weighted by molar-refractivity contribution is 9.09. The van der Waals surface area contributed by atoms with E-state index in [9.17, 15) is 8.42 Å². The quantitative estimate of drug-likeness (QED) is 0.461. The van der Waals surface area contributed by atoms with E-state index in [1.54, 1.807) is 24.3 Å². The zero-order chi connectivity index (χ0) is 12.0. The molecule has 1 aromatic rings. The lowest BCUT2D eigenvalue weighted by Gasteiger charge is -2.05. The van der Waals surface area contributed by atoms with Crippen molar-refractivity contribution in [1.82, 2.24) is 0 Å². The van der Waals surface area contributed by atoms with Gasteiger partial charge in [0.25, 0.3) is 10.1 Å². The molecular weight excluding hydrogens is 292 g/mol. The van der Waals surface area contributed by atoms with E-state index in [1.165, 1.54) is 0 Å². The summed E-state index contributed by atoms with van der Waals surface area (Å²) in [5.74, 6) is 0. The Labute approximate surface area is 105 Å². The lowest BCUT2D eigenvalue weighted by molar-refractivity contribution is 0.311. The second-order valence-corrected chi connectivity index (χ2v) is 5.89. The summed E-state index contributed by atoms with van der Waals surface area (Å²) in [6.07, 6.45) is 1.64. The van der Waals surface area contributed by atoms with Gasteiger partial charge in [-0.05, 0) is 31.9 Å². The summed E-state index contributed by atoms with van der Waals surface area (Å²) < 4.78 is 28.3. The van der Waals surface area contributed by atoms with Crippen LogP contribution in [-0.2, 0) is 14.3 Å². The minimum atomic E-state index is -3.57. The van der Waals surface area contributed by atoms with Gasteiger partial charge in [0.15, 0.2) is 0 Å². The summed E-state index contributed by atoms with van der Waals surface area (Å²) in [5, 5.41) is 0.862. The normalized spacial score (nSPS) is 11.6. The zero-order valence-electron chi connectivity index (χ0n) is 9.15. The lowest BCUT2D eigenvalue weighted by Crippen LogP contribution is -2.07. The van der Waals surface area contributed by atoms with Gasteiger partial charge in [0.1, 0.15) is 0 Å². The third-order valence-electron chi connectivity index (χ3n) is 2.08. The van der Waals surface area contributed by atoms with Gasteiger partial charge >= 0.3 is 0 Å². The third-order valence-corrected chi connectivity index (χ3v) is 3.96. The summed E-state index contributed by atoms with van der Waals surface area (Å²) in [4.78, 5) is 0.219. The van der Waals surface area contributed by atoms with Gasteiger partial charge in [-0.25, -0.2) is 0 Å². The first-order valence-electron chi connectivity index (χ1n) is 5.08. The second kappa shape index (κ2) is 6.37. The highest BCUT2D eigenvalue weighted by Gasteiger charge is 2.13. The zero-order valence-corrected chi connectivity index (χ0v) is 11.6. The van der Waals surface area contributed by atoms with E-state index in [4.69, 9.17) is 4.18 Å². The maximum absolute atomic E-state index is 11.7. The molecule has 0 N–H and O–H groups in total. The molecule has 0 aliphatic carbocycles. The monoisotopic (exact) mass is 306 g/mol. The predicted molar refractivity (Wildman–Crippen MR) is 67.3 cm³/mol. The summed E-state index contributed by atoms with van der Waals surface area (Å²) in [7, 11) is -3.57. The minimum Gasteiger partial charge on any atom is -0.266 e. The van der Waals surface area contributed by atoms with Crippen LogP contribution in [-0.4, -0.2) is 20.4 Å². The van der Waals surface area contributed by atoms with Crippen molar-refractivity contribution in [2.75, 3.05) is 11.9 Å². The first-order valence-corrected chi connectivity index (χ1v) is 7.61. The molecule has 3 nitrogen and oxygen atoms in total. The molecule has 0 fully saturated rings. The minimum absolute atomic E-state index is 0.219. The Morgan fingerprint density at radius 3 is 2.38 bits per heavy atom. The molecule has 0 saturated heterocycles. The van der Waals surface area contributed by atoms with Crippen LogP contribution in [0.2, 0.25) is 0 Å². The Kier molecular flexibility index (Phi) is 5.44. The molecule has 0 radical (unpaired) electrons. The lowest BCUT2D eigenvalue weighted by atomic mass is 10.2. The van der Waals surface area contributed by atoms with E-state index < -0.39 is 10.1 Å². The topological polar surface area (TPSA) is 43.4 Å². The number of unbranched alkanes of at least 4 members (excludes halogenated alkanes) is 1. The van der Waals surface area contributed by atoms with Crippen molar-refractivity contribution < 1.29 is 12.6 Å². The van der Waals surface area contributed by atoms with Gasteiger partial charge in [0, 0.05) is 5.33 Å². The van der Waals surface area contributed by atoms with Gasteiger partial charge in [0.2, 0.25) is 0 Å². The van der Waals surface area contributed by atoms with Gasteiger partial charge < -0.3 is 0 Å². The molecule has 16 heavy (non-hydrogen) atoms. The van der Waals surface area contributed by atoms with Gasteiger partial charge in [-0.1, -0.05) is 33.6 Å². The number of rotatable bonds is 6. The van der Waals surface area contributed by atoms with Crippen LogP contribution in [0.1, 0.15) is 18.4 Å². The van der Waals surface area contributed by atoms with Crippen LogP contribution in [0.3, 0.4) is 0 Å². The summed E-state index contributed by atoms with van der Waals surface area (Å²) in [5.41, 5.74) is 1.03. The molecule has 0 bridgehead atoms. The number of alkyl halides is 1. The molecule has 0 aromatic heterocycles. The molecule has 0 amide bonds. The maximum atomic E-state index is 11.7. The largest absolute Gasteiger partial charge is 0.296 e. The molecule has 0 unspecified atom stereocenters. The summed E-state index contributed by atoms with van der Waals surface area (Å²) >= 11 is 3.28. The molecule has 5 heteroatoms. The standard InChI is InChI=1S/C11H15BrO3S/c1-10-4-6-11(7-5-10)16(13,14)15-9-3-2-8-12/h4-7H,2-3,8-9H2,1H3. The molecule has 0 heterocycles. The van der Waals surface area contributed by atoms with Crippen LogP contribution in [0.4, 0.5) is 0 Å². The first kappa shape index (κ1) is 13.7. The van der Waals surface area contributed by atoms with Gasteiger partial charge in [0.05, 0.1) is 11.5 Å². The maximum Gasteiger partial charge on any atom is 0.296 e. The Bertz CT molecular complexity index is 411. The predicted octanol–water partition coefficient (Wildman–Crippen LogP) is 2.88. The Hall–Kier alpha value is -0.390. The van der Waals surface area contributed by atoms with E-state index in [-0.39, 0.29) is 11.5 Å². The molecule has 0 aliphatic rings. The van der Waals surface area contributed by atoms with Crippen molar-refractivity contribution in [3.05, 3.63) is 29.8 Å². The molecule has 1 rings (SSSR count). The molecular formula is C11H15BrO3S. The van der Waals surface area contributed by atoms with Crippen LogP contribution >= 0.6 is 15.9 Å². The summed E-state index contributed by atoms with van der Waals surface area (Å²) in [6.45, 7) is 2.15. The Balaban J connectivity index is 2.60. The van der Waals surface area contributed by atoms with E-state index in [1.807, 2.05) is 6.92 Å². The molecule has 0 saturated carbocycles. The second-order valence-electron chi connectivity index (χ2n) is 3.49. The fraction of sp³-hybridized carbons (Fsp3) is 0.455. The Morgan fingerprint density at radius 2 is 1.81 bits per heavy atom. The molecule has 90 valence electrons. The molecule has 0 atom stereocenters. The van der Waals surface area contributed by atoms with Gasteiger partial charge in [-0.3, -0.25) is 4.18 Å². The van der Waals surface area contributed by atoms with Gasteiger partial charge in [-0.15, -0.1) is 0 Å². The van der Waals surface area contributed by atoms with Crippen LogP contribution < -0.4 is 0 Å². The van der Waals surface area contributed by atoms with Crippen molar-refractivity contribution in [1.29, 1.82) is 0 Å². The summed E-state index contributed by atoms with van der Waals surface area (Å²) in [6, 6.07) is 6.65. The number of aryl methyl sites for hydroxylation is 1. The highest BCUT2D eigenvalue weighted by atomic mass is 79.9. The Morgan fingerprint density at radius 1 is 1.19 bits per heavy atom. The first-order chi connectivity index (χ1) is 7.56. The fourth-order valence-electron chi connectivity index (χ4n) is 1.14. The van der Waals surface area contributed by atoms with Crippen molar-refractivity contribution in [2.45, 2.75) is 24.7 Å². The van der Waals surface area contributed by atoms with Crippen LogP contribution in [0, 0.1) is 6.92 Å². The number of hydrogen-bond acceptors (Lipinski definition) is 3. The van der Waals surface area contributed by atoms with Crippen LogP contribution in [0.25, 0.3) is 0 Å². The third kappa shape index (κ3) is 4.23. The molecule has 0 spiro atoms. The van der Waals surface area contributed by atoms with Crippen LogP contribution in [0.5, 0.6) is 0 Å². The number of benzene rings is 1. The van der Waals surface area contributed by atoms with Crippen molar-refractivity contribution in [3.63, 3.8) is 0 Å². The smallest absolute Gasteiger partial charge is 0.266 e. The number of halogens is 1. The van der Waals surface area contributed by atoms with E-state index in [0.717, 1.165) is 23.7 Å². The molecule has 1 aromatic carbocycles. The van der Waals surface area contributed by atoms with Crippen LogP contribution in [0.15, 0.2) is 29.2 Å². The van der Waals surface area contributed by atoms with E-state index >= 15 is 0 Å². The van der Waals surface area contributed by atoms with E-state index in [0.29, 0.717) is 0 Å². The van der Waals surface area contributed by atoms with Crippen molar-refractivity contribution in [3.8, 4) is 0 Å². The SMILES string of the molecule is Cc1ccc(S(=O)(=O)OCCCCBr)cc1. The van der Waals surface area contributed by atoms with Gasteiger partial charge in [-0.2, -0.15) is 8.42 Å². The van der Waals surface area contributed by atoms with Crippen molar-refractivity contribution >= 4 is 26.0 Å². The molecule has 0 aliphatic heterocycles.